The van der Waals surface area contributed by atoms with Crippen molar-refractivity contribution in [2.75, 3.05) is 45.6 Å². The van der Waals surface area contributed by atoms with E-state index in [1.165, 1.54) is 27.9 Å². The lowest BCUT2D eigenvalue weighted by Crippen LogP contribution is -2.48. The predicted molar refractivity (Wildman–Crippen MR) is 98.1 cm³/mol. The summed E-state index contributed by atoms with van der Waals surface area (Å²) in [5.74, 6) is 0.377. The molecule has 0 radical (unpaired) electrons. The van der Waals surface area contributed by atoms with Gasteiger partial charge in [0.05, 0.1) is 17.8 Å². The number of sulfonamides is 2. The van der Waals surface area contributed by atoms with Crippen LogP contribution in [-0.4, -0.2) is 77.1 Å². The Morgan fingerprint density at radius 2 is 1.73 bits per heavy atom. The summed E-state index contributed by atoms with van der Waals surface area (Å²) in [6, 6.07) is 6.06. The van der Waals surface area contributed by atoms with Crippen molar-refractivity contribution < 1.29 is 21.6 Å². The Balaban J connectivity index is 1.74. The van der Waals surface area contributed by atoms with Gasteiger partial charge in [-0.3, -0.25) is 0 Å². The highest BCUT2D eigenvalue weighted by Gasteiger charge is 2.39. The van der Waals surface area contributed by atoms with E-state index in [4.69, 9.17) is 4.74 Å². The summed E-state index contributed by atoms with van der Waals surface area (Å²) < 4.78 is 58.9. The van der Waals surface area contributed by atoms with E-state index in [0.29, 0.717) is 31.9 Å². The maximum Gasteiger partial charge on any atom is 0.243 e. The lowest BCUT2D eigenvalue weighted by atomic mass is 10.3. The Morgan fingerprint density at radius 1 is 1.12 bits per heavy atom. The molecule has 1 N–H and O–H groups in total. The molecule has 2 fully saturated rings. The minimum Gasteiger partial charge on any atom is -0.497 e. The van der Waals surface area contributed by atoms with E-state index in [1.807, 2.05) is 0 Å². The maximum atomic E-state index is 13.0. The van der Waals surface area contributed by atoms with Crippen molar-refractivity contribution in [3.05, 3.63) is 24.3 Å². The van der Waals surface area contributed by atoms with Gasteiger partial charge in [0.2, 0.25) is 20.0 Å². The molecule has 0 amide bonds. The van der Waals surface area contributed by atoms with Crippen LogP contribution >= 0.6 is 0 Å². The number of benzene rings is 1. The van der Waals surface area contributed by atoms with Gasteiger partial charge >= 0.3 is 0 Å². The lowest BCUT2D eigenvalue weighted by molar-refractivity contribution is 0.355. The van der Waals surface area contributed by atoms with Crippen LogP contribution in [0.2, 0.25) is 0 Å². The second-order valence-electron chi connectivity index (χ2n) is 6.49. The normalized spacial score (nSPS) is 19.6. The zero-order valence-electron chi connectivity index (χ0n) is 14.8. The Bertz CT molecular complexity index is 814. The zero-order valence-corrected chi connectivity index (χ0v) is 16.4. The van der Waals surface area contributed by atoms with Gasteiger partial charge in [0, 0.05) is 38.8 Å². The van der Waals surface area contributed by atoms with Crippen molar-refractivity contribution in [2.24, 2.45) is 0 Å². The van der Waals surface area contributed by atoms with Gasteiger partial charge in [-0.25, -0.2) is 16.8 Å². The summed E-state index contributed by atoms with van der Waals surface area (Å²) in [5, 5.41) is 3.11. The third-order valence-electron chi connectivity index (χ3n) is 4.66. The first kappa shape index (κ1) is 19.6. The number of nitrogens with one attached hydrogen (secondary N) is 1. The van der Waals surface area contributed by atoms with E-state index in [1.54, 1.807) is 12.1 Å². The van der Waals surface area contributed by atoms with Gasteiger partial charge in [-0.1, -0.05) is 0 Å². The summed E-state index contributed by atoms with van der Waals surface area (Å²) in [6.07, 6.45) is 1.53. The van der Waals surface area contributed by atoms with E-state index >= 15 is 0 Å². The fourth-order valence-corrected chi connectivity index (χ4v) is 6.23. The van der Waals surface area contributed by atoms with Gasteiger partial charge in [-0.2, -0.15) is 8.61 Å². The van der Waals surface area contributed by atoms with E-state index in [2.05, 4.69) is 5.32 Å². The van der Waals surface area contributed by atoms with Crippen molar-refractivity contribution >= 4 is 20.0 Å². The molecule has 1 heterocycles. The van der Waals surface area contributed by atoms with Crippen molar-refractivity contribution in [2.45, 2.75) is 23.8 Å². The van der Waals surface area contributed by atoms with Crippen LogP contribution in [0.15, 0.2) is 29.2 Å². The highest BCUT2D eigenvalue weighted by molar-refractivity contribution is 7.90. The van der Waals surface area contributed by atoms with Crippen LogP contribution in [0.25, 0.3) is 0 Å². The molecule has 1 aliphatic heterocycles. The molecule has 2 aliphatic rings. The first-order valence-electron chi connectivity index (χ1n) is 8.69. The molecule has 0 spiro atoms. The Morgan fingerprint density at radius 3 is 2.27 bits per heavy atom. The largest absolute Gasteiger partial charge is 0.497 e. The topological polar surface area (TPSA) is 96.0 Å². The van der Waals surface area contributed by atoms with Crippen LogP contribution in [0.3, 0.4) is 0 Å². The Kier molecular flexibility index (Phi) is 5.88. The molecule has 1 aliphatic carbocycles. The van der Waals surface area contributed by atoms with E-state index < -0.39 is 20.0 Å². The number of piperazine rings is 1. The summed E-state index contributed by atoms with van der Waals surface area (Å²) in [5.41, 5.74) is 0. The molecule has 1 aromatic rings. The summed E-state index contributed by atoms with van der Waals surface area (Å²) in [7, 11) is -5.69. The van der Waals surface area contributed by atoms with E-state index in [0.717, 1.165) is 12.8 Å². The number of ether oxygens (including phenoxy) is 1. The average Bonchev–Trinajstić information content (AvgIpc) is 3.47. The molecule has 146 valence electrons. The third kappa shape index (κ3) is 4.37. The summed E-state index contributed by atoms with van der Waals surface area (Å²) >= 11 is 0. The third-order valence-corrected chi connectivity index (χ3v) is 8.48. The second kappa shape index (κ2) is 7.81. The first-order valence-corrected chi connectivity index (χ1v) is 11.7. The van der Waals surface area contributed by atoms with E-state index in [9.17, 15) is 16.8 Å². The Hall–Kier alpha value is -1.20. The van der Waals surface area contributed by atoms with Gasteiger partial charge in [-0.05, 0) is 37.1 Å². The van der Waals surface area contributed by atoms with Gasteiger partial charge < -0.3 is 10.1 Å². The van der Waals surface area contributed by atoms with Crippen LogP contribution in [-0.2, 0) is 20.0 Å². The fourth-order valence-electron chi connectivity index (χ4n) is 3.00. The molecule has 8 nitrogen and oxygen atoms in total. The first-order chi connectivity index (χ1) is 12.3. The monoisotopic (exact) mass is 403 g/mol. The second-order valence-corrected chi connectivity index (χ2v) is 10.5. The van der Waals surface area contributed by atoms with Gasteiger partial charge in [-0.15, -0.1) is 0 Å². The molecule has 10 heteroatoms. The number of methoxy groups -OCH3 is 1. The predicted octanol–water partition coefficient (Wildman–Crippen LogP) is 0.0833. The smallest absolute Gasteiger partial charge is 0.243 e. The van der Waals surface area contributed by atoms with E-state index in [-0.39, 0.29) is 23.2 Å². The SMILES string of the molecule is COc1ccc(S(=O)(=O)N(CCS(=O)(=O)N2CCNCC2)C2CC2)cc1. The molecule has 26 heavy (non-hydrogen) atoms. The fraction of sp³-hybridized carbons (Fsp3) is 0.625. The average molecular weight is 404 g/mol. The van der Waals surface area contributed by atoms with Crippen LogP contribution in [0.1, 0.15) is 12.8 Å². The number of nitrogens with zero attached hydrogens (tertiary/aromatic N) is 2. The van der Waals surface area contributed by atoms with Crippen LogP contribution in [0.5, 0.6) is 5.75 Å². The van der Waals surface area contributed by atoms with Crippen molar-refractivity contribution in [3.63, 3.8) is 0 Å². The molecular weight excluding hydrogens is 378 g/mol. The van der Waals surface area contributed by atoms with Crippen molar-refractivity contribution in [1.82, 2.24) is 13.9 Å². The number of rotatable bonds is 8. The highest BCUT2D eigenvalue weighted by atomic mass is 32.2. The van der Waals surface area contributed by atoms with Crippen LogP contribution < -0.4 is 10.1 Å². The maximum absolute atomic E-state index is 13.0. The summed E-state index contributed by atoms with van der Waals surface area (Å²) in [4.78, 5) is 0.157. The molecule has 1 saturated heterocycles. The minimum absolute atomic E-state index is 0.0225. The van der Waals surface area contributed by atoms with Gasteiger partial charge in [0.15, 0.2) is 0 Å². The zero-order chi connectivity index (χ0) is 18.8. The van der Waals surface area contributed by atoms with Gasteiger partial charge in [0.1, 0.15) is 5.75 Å². The molecule has 1 aromatic carbocycles. The molecule has 0 unspecified atom stereocenters. The molecule has 1 saturated carbocycles. The van der Waals surface area contributed by atoms with Crippen molar-refractivity contribution in [3.8, 4) is 5.75 Å². The quantitative estimate of drug-likeness (QED) is 0.661. The molecule has 3 rings (SSSR count). The molecule has 0 aromatic heterocycles. The highest BCUT2D eigenvalue weighted by Crippen LogP contribution is 2.32. The van der Waals surface area contributed by atoms with Gasteiger partial charge in [0.25, 0.3) is 0 Å². The number of hydrogen-bond acceptors (Lipinski definition) is 6. The minimum atomic E-state index is -3.73. The van der Waals surface area contributed by atoms with Crippen LogP contribution in [0.4, 0.5) is 0 Å². The standard InChI is InChI=1S/C16H25N3O5S2/c1-24-15-4-6-16(7-5-15)26(22,23)19(14-2-3-14)12-13-25(20,21)18-10-8-17-9-11-18/h4-7,14,17H,2-3,8-13H2,1H3. The summed E-state index contributed by atoms with van der Waals surface area (Å²) in [6.45, 7) is 2.07. The number of hydrogen-bond donors (Lipinski definition) is 1. The molecule has 0 atom stereocenters. The Labute approximate surface area is 155 Å². The van der Waals surface area contributed by atoms with Crippen LogP contribution in [0, 0.1) is 0 Å². The lowest BCUT2D eigenvalue weighted by Gasteiger charge is -2.28. The van der Waals surface area contributed by atoms with Crippen molar-refractivity contribution in [1.29, 1.82) is 0 Å². The molecule has 0 bridgehead atoms. The molecular formula is C16H25N3O5S2.